The average molecular weight is 595 g/mol. The maximum absolute atomic E-state index is 14.6. The van der Waals surface area contributed by atoms with E-state index >= 15 is 0 Å². The third-order valence-corrected chi connectivity index (χ3v) is 14.6. The quantitative estimate of drug-likeness (QED) is 0.377. The van der Waals surface area contributed by atoms with Crippen molar-refractivity contribution in [3.8, 4) is 0 Å². The molecule has 1 N–H and O–H groups in total. The molecule has 4 nitrogen and oxygen atoms in total. The Morgan fingerprint density at radius 1 is 0.976 bits per heavy atom. The summed E-state index contributed by atoms with van der Waals surface area (Å²) in [5.74, 6) is 0.142. The average Bonchev–Trinajstić information content (AvgIpc) is 2.90. The lowest BCUT2D eigenvalue weighted by atomic mass is 9.33. The van der Waals surface area contributed by atoms with Gasteiger partial charge in [-0.2, -0.15) is 0 Å². The number of fused-ring (bicyclic) bond motifs is 7. The zero-order chi connectivity index (χ0) is 30.5. The fourth-order valence-electron chi connectivity index (χ4n) is 11.5. The summed E-state index contributed by atoms with van der Waals surface area (Å²) in [5.41, 5.74) is 1.35. The molecule has 1 aromatic rings. The van der Waals surface area contributed by atoms with Crippen LogP contribution in [0.25, 0.3) is 0 Å². The molecule has 6 rings (SSSR count). The maximum atomic E-state index is 14.6. The van der Waals surface area contributed by atoms with Crippen molar-refractivity contribution in [2.75, 3.05) is 0 Å². The predicted octanol–water partition coefficient (Wildman–Crippen LogP) is 9.29. The molecule has 5 heteroatoms. The monoisotopic (exact) mass is 594 g/mol. The van der Waals surface area contributed by atoms with Crippen LogP contribution in [0.3, 0.4) is 0 Å². The van der Waals surface area contributed by atoms with Gasteiger partial charge in [-0.05, 0) is 127 Å². The van der Waals surface area contributed by atoms with E-state index in [9.17, 15) is 14.7 Å². The van der Waals surface area contributed by atoms with E-state index in [1.165, 1.54) is 5.57 Å². The van der Waals surface area contributed by atoms with Crippen LogP contribution in [-0.4, -0.2) is 23.0 Å². The lowest BCUT2D eigenvalue weighted by molar-refractivity contribution is -0.210. The maximum Gasteiger partial charge on any atom is 0.309 e. The lowest BCUT2D eigenvalue weighted by Crippen LogP contribution is -2.66. The summed E-state index contributed by atoms with van der Waals surface area (Å²) >= 11 is 6.24. The molecule has 0 amide bonds. The highest BCUT2D eigenvalue weighted by atomic mass is 35.5. The van der Waals surface area contributed by atoms with Crippen molar-refractivity contribution in [2.24, 2.45) is 50.2 Å². The number of halogens is 1. The highest BCUT2D eigenvalue weighted by Crippen LogP contribution is 2.75. The molecule has 1 aromatic carbocycles. The van der Waals surface area contributed by atoms with E-state index in [-0.39, 0.29) is 45.0 Å². The van der Waals surface area contributed by atoms with Crippen molar-refractivity contribution >= 4 is 23.4 Å². The largest absolute Gasteiger partial charge is 0.481 e. The zero-order valence-corrected chi connectivity index (χ0v) is 27.6. The standard InChI is InChI=1S/C37H51ClO4/c1-32(2)28-11-14-37(7)30(35(28,5)13-12-29(32)42-22-23-9-8-10-24(38)19-23)27(39)20-25-26-21-34(4,31(40)41)16-15-33(26,3)17-18-36(25,37)6/h8-10,19-20,26,28-30H,11-18,21-22H2,1-7H3,(H,40,41)/t26-,28-,29-,30+,33+,34-,35-,36+,37+/m0/s1. The number of carbonyl (C=O) groups excluding carboxylic acids is 1. The molecule has 230 valence electrons. The molecular formula is C37H51ClO4. The number of ketones is 1. The molecule has 0 unspecified atom stereocenters. The molecule has 5 aliphatic rings. The normalized spacial score (nSPS) is 46.0. The van der Waals surface area contributed by atoms with E-state index < -0.39 is 11.4 Å². The molecule has 0 saturated heterocycles. The number of allylic oxidation sites excluding steroid dienone is 2. The molecule has 0 heterocycles. The fourth-order valence-corrected chi connectivity index (χ4v) is 11.7. The van der Waals surface area contributed by atoms with E-state index in [1.54, 1.807) is 0 Å². The first-order valence-electron chi connectivity index (χ1n) is 16.4. The summed E-state index contributed by atoms with van der Waals surface area (Å²) < 4.78 is 6.63. The van der Waals surface area contributed by atoms with Gasteiger partial charge in [0.2, 0.25) is 0 Å². The van der Waals surface area contributed by atoms with Crippen molar-refractivity contribution in [2.45, 2.75) is 119 Å². The van der Waals surface area contributed by atoms with Crippen molar-refractivity contribution in [1.82, 2.24) is 0 Å². The van der Waals surface area contributed by atoms with Gasteiger partial charge in [0, 0.05) is 10.9 Å². The first-order chi connectivity index (χ1) is 19.5. The third-order valence-electron chi connectivity index (χ3n) is 14.4. The molecule has 0 spiro atoms. The van der Waals surface area contributed by atoms with E-state index in [0.717, 1.165) is 62.0 Å². The summed E-state index contributed by atoms with van der Waals surface area (Å²) in [7, 11) is 0. The number of aliphatic carboxylic acids is 1. The van der Waals surface area contributed by atoms with Crippen molar-refractivity contribution in [3.63, 3.8) is 0 Å². The van der Waals surface area contributed by atoms with Crippen LogP contribution in [0, 0.1) is 50.2 Å². The number of rotatable bonds is 4. The summed E-state index contributed by atoms with van der Waals surface area (Å²) in [6.07, 6.45) is 10.8. The Kier molecular flexibility index (Phi) is 7.00. The SMILES string of the molecule is CC1(C)[C@@H](OCc2cccc(Cl)c2)CC[C@]2(C)[C@H]3C(=O)C=C4[C@@H]5C[C@@](C)(C(=O)O)CC[C@]5(C)CC[C@@]4(C)[C@]3(C)CC[C@@H]12. The van der Waals surface area contributed by atoms with Gasteiger partial charge in [-0.3, -0.25) is 9.59 Å². The molecule has 9 atom stereocenters. The highest BCUT2D eigenvalue weighted by molar-refractivity contribution is 6.30. The first kappa shape index (κ1) is 30.4. The lowest BCUT2D eigenvalue weighted by Gasteiger charge is -2.70. The molecule has 5 aliphatic carbocycles. The summed E-state index contributed by atoms with van der Waals surface area (Å²) in [4.78, 5) is 26.9. The van der Waals surface area contributed by atoms with Crippen molar-refractivity contribution in [1.29, 1.82) is 0 Å². The number of carboxylic acids is 1. The minimum absolute atomic E-state index is 0.0236. The van der Waals surface area contributed by atoms with Gasteiger partial charge in [0.15, 0.2) is 5.78 Å². The predicted molar refractivity (Wildman–Crippen MR) is 167 cm³/mol. The van der Waals surface area contributed by atoms with Gasteiger partial charge < -0.3 is 9.84 Å². The van der Waals surface area contributed by atoms with Gasteiger partial charge in [0.05, 0.1) is 18.1 Å². The van der Waals surface area contributed by atoms with E-state index in [2.05, 4.69) is 53.7 Å². The van der Waals surface area contributed by atoms with E-state index in [4.69, 9.17) is 16.3 Å². The summed E-state index contributed by atoms with van der Waals surface area (Å²) in [6, 6.07) is 7.93. The number of carboxylic acid groups (broad SMARTS) is 1. The number of carbonyl (C=O) groups is 2. The van der Waals surface area contributed by atoms with Gasteiger partial charge in [-0.1, -0.05) is 70.8 Å². The van der Waals surface area contributed by atoms with Crippen LogP contribution < -0.4 is 0 Å². The molecule has 0 bridgehead atoms. The van der Waals surface area contributed by atoms with Crippen LogP contribution in [0.4, 0.5) is 0 Å². The minimum atomic E-state index is -0.721. The van der Waals surface area contributed by atoms with Crippen LogP contribution in [0.5, 0.6) is 0 Å². The summed E-state index contributed by atoms with van der Waals surface area (Å²) in [6.45, 7) is 16.9. The topological polar surface area (TPSA) is 63.6 Å². The van der Waals surface area contributed by atoms with Crippen LogP contribution in [0.15, 0.2) is 35.9 Å². The Bertz CT molecular complexity index is 1330. The molecule has 0 aliphatic heterocycles. The second-order valence-electron chi connectivity index (χ2n) is 16.8. The Balaban J connectivity index is 1.33. The Hall–Kier alpha value is -1.65. The molecule has 0 radical (unpaired) electrons. The van der Waals surface area contributed by atoms with Gasteiger partial charge in [-0.15, -0.1) is 0 Å². The van der Waals surface area contributed by atoms with Crippen molar-refractivity contribution < 1.29 is 19.4 Å². The second kappa shape index (κ2) is 9.67. The molecule has 0 aromatic heterocycles. The van der Waals surface area contributed by atoms with Gasteiger partial charge in [-0.25, -0.2) is 0 Å². The summed E-state index contributed by atoms with van der Waals surface area (Å²) in [5, 5.41) is 10.9. The van der Waals surface area contributed by atoms with Crippen LogP contribution in [0.1, 0.15) is 112 Å². The van der Waals surface area contributed by atoms with Gasteiger partial charge in [0.25, 0.3) is 0 Å². The van der Waals surface area contributed by atoms with Crippen molar-refractivity contribution in [3.05, 3.63) is 46.5 Å². The number of hydrogen-bond donors (Lipinski definition) is 1. The second-order valence-corrected chi connectivity index (χ2v) is 17.3. The third kappa shape index (κ3) is 4.16. The Morgan fingerprint density at radius 3 is 2.38 bits per heavy atom. The molecule has 4 fully saturated rings. The van der Waals surface area contributed by atoms with Gasteiger partial charge >= 0.3 is 5.97 Å². The number of hydrogen-bond acceptors (Lipinski definition) is 3. The zero-order valence-electron chi connectivity index (χ0n) is 26.8. The minimum Gasteiger partial charge on any atom is -0.481 e. The van der Waals surface area contributed by atoms with Gasteiger partial charge in [0.1, 0.15) is 0 Å². The Morgan fingerprint density at radius 2 is 1.69 bits per heavy atom. The smallest absolute Gasteiger partial charge is 0.309 e. The van der Waals surface area contributed by atoms with Crippen LogP contribution in [0.2, 0.25) is 5.02 Å². The van der Waals surface area contributed by atoms with E-state index in [0.29, 0.717) is 24.7 Å². The first-order valence-corrected chi connectivity index (χ1v) is 16.7. The number of ether oxygens (including phenoxy) is 1. The highest BCUT2D eigenvalue weighted by Gasteiger charge is 2.70. The van der Waals surface area contributed by atoms with Crippen LogP contribution >= 0.6 is 11.6 Å². The molecule has 42 heavy (non-hydrogen) atoms. The van der Waals surface area contributed by atoms with E-state index in [1.807, 2.05) is 25.1 Å². The van der Waals surface area contributed by atoms with Crippen LogP contribution in [-0.2, 0) is 20.9 Å². The molecule has 4 saturated carbocycles. The molecular weight excluding hydrogens is 544 g/mol. The fraction of sp³-hybridized carbons (Fsp3) is 0.730. The number of benzene rings is 1. The Labute approximate surface area is 258 Å².